The third-order valence-electron chi connectivity index (χ3n) is 4.70. The lowest BCUT2D eigenvalue weighted by Crippen LogP contribution is -2.19. The molecule has 0 atom stereocenters. The van der Waals surface area contributed by atoms with Gasteiger partial charge in [-0.3, -0.25) is 0 Å². The average Bonchev–Trinajstić information content (AvgIpc) is 3.16. The second kappa shape index (κ2) is 7.43. The van der Waals surface area contributed by atoms with Crippen LogP contribution in [0.5, 0.6) is 0 Å². The molecule has 1 heterocycles. The normalized spacial score (nSPS) is 15.1. The Morgan fingerprint density at radius 2 is 1.85 bits per heavy atom. The van der Waals surface area contributed by atoms with Crippen LogP contribution in [-0.2, 0) is 6.18 Å². The molecular formula is C21H18F4N2. The Morgan fingerprint density at radius 3 is 2.48 bits per heavy atom. The van der Waals surface area contributed by atoms with Gasteiger partial charge in [0.1, 0.15) is 5.82 Å². The third-order valence-corrected chi connectivity index (χ3v) is 4.70. The Labute approximate surface area is 155 Å². The van der Waals surface area contributed by atoms with Crippen LogP contribution >= 0.6 is 0 Å². The van der Waals surface area contributed by atoms with Crippen molar-refractivity contribution in [1.29, 1.82) is 5.26 Å². The molecule has 1 saturated heterocycles. The van der Waals surface area contributed by atoms with Crippen molar-refractivity contribution < 1.29 is 17.6 Å². The summed E-state index contributed by atoms with van der Waals surface area (Å²) in [7, 11) is 0. The van der Waals surface area contributed by atoms with Crippen LogP contribution in [0.3, 0.4) is 0 Å². The maximum absolute atomic E-state index is 14.6. The minimum absolute atomic E-state index is 0.0533. The Bertz CT molecular complexity index is 917. The third kappa shape index (κ3) is 4.13. The Morgan fingerprint density at radius 1 is 1.15 bits per heavy atom. The van der Waals surface area contributed by atoms with Crippen molar-refractivity contribution in [3.05, 3.63) is 64.5 Å². The van der Waals surface area contributed by atoms with Crippen molar-refractivity contribution in [2.45, 2.75) is 25.9 Å². The van der Waals surface area contributed by atoms with Crippen LogP contribution in [0.25, 0.3) is 11.6 Å². The molecule has 0 saturated carbocycles. The van der Waals surface area contributed by atoms with Gasteiger partial charge in [-0.15, -0.1) is 0 Å². The molecule has 1 fully saturated rings. The highest BCUT2D eigenvalue weighted by molar-refractivity contribution is 5.90. The molecule has 1 aliphatic rings. The predicted molar refractivity (Wildman–Crippen MR) is 97.5 cm³/mol. The molecule has 0 bridgehead atoms. The highest BCUT2D eigenvalue weighted by atomic mass is 19.4. The Kier molecular flexibility index (Phi) is 5.22. The molecule has 3 rings (SSSR count). The van der Waals surface area contributed by atoms with Gasteiger partial charge in [-0.1, -0.05) is 12.1 Å². The van der Waals surface area contributed by atoms with Crippen molar-refractivity contribution in [2.75, 3.05) is 18.0 Å². The fourth-order valence-corrected chi connectivity index (χ4v) is 3.24. The van der Waals surface area contributed by atoms with Gasteiger partial charge < -0.3 is 4.90 Å². The first-order chi connectivity index (χ1) is 12.8. The maximum Gasteiger partial charge on any atom is 0.416 e. The first kappa shape index (κ1) is 19.0. The molecule has 2 aromatic rings. The Hall–Kier alpha value is -2.81. The van der Waals surface area contributed by atoms with E-state index in [-0.39, 0.29) is 11.1 Å². The minimum Gasteiger partial charge on any atom is -0.369 e. The van der Waals surface area contributed by atoms with E-state index in [9.17, 15) is 22.8 Å². The Balaban J connectivity index is 1.99. The lowest BCUT2D eigenvalue weighted by atomic mass is 9.99. The van der Waals surface area contributed by atoms with E-state index in [1.807, 2.05) is 11.0 Å². The van der Waals surface area contributed by atoms with Gasteiger partial charge in [-0.2, -0.15) is 18.4 Å². The van der Waals surface area contributed by atoms with Gasteiger partial charge in [0.25, 0.3) is 0 Å². The standard InChI is InChI=1S/C21H18F4N2/c1-14-9-20(27-7-2-3-8-27)19(22)12-16(14)10-17(13-26)15-5-4-6-18(11-15)21(23,24)25/h4-6,9-12H,2-3,7-8H2,1H3/b17-10-. The van der Waals surface area contributed by atoms with Gasteiger partial charge in [0, 0.05) is 13.1 Å². The fraction of sp³-hybridized carbons (Fsp3) is 0.286. The van der Waals surface area contributed by atoms with E-state index >= 15 is 0 Å². The number of halogens is 4. The number of hydrogen-bond acceptors (Lipinski definition) is 2. The largest absolute Gasteiger partial charge is 0.416 e. The molecule has 0 unspecified atom stereocenters. The summed E-state index contributed by atoms with van der Waals surface area (Å²) in [6.07, 6.45) is -1.01. The zero-order valence-electron chi connectivity index (χ0n) is 14.8. The van der Waals surface area contributed by atoms with E-state index in [1.165, 1.54) is 24.3 Å². The second-order valence-electron chi connectivity index (χ2n) is 6.60. The van der Waals surface area contributed by atoms with Crippen LogP contribution in [0.4, 0.5) is 23.2 Å². The number of hydrogen-bond donors (Lipinski definition) is 0. The highest BCUT2D eigenvalue weighted by Gasteiger charge is 2.30. The van der Waals surface area contributed by atoms with Crippen LogP contribution in [0.15, 0.2) is 36.4 Å². The molecule has 27 heavy (non-hydrogen) atoms. The molecular weight excluding hydrogens is 356 g/mol. The van der Waals surface area contributed by atoms with E-state index in [1.54, 1.807) is 13.0 Å². The molecule has 0 aliphatic carbocycles. The van der Waals surface area contributed by atoms with Crippen LogP contribution in [-0.4, -0.2) is 13.1 Å². The number of nitrogens with zero attached hydrogens (tertiary/aromatic N) is 2. The van der Waals surface area contributed by atoms with Crippen LogP contribution in [0.1, 0.15) is 35.1 Å². The van der Waals surface area contributed by atoms with Gasteiger partial charge in [0.15, 0.2) is 0 Å². The van der Waals surface area contributed by atoms with Gasteiger partial charge >= 0.3 is 6.18 Å². The van der Waals surface area contributed by atoms with Gasteiger partial charge in [-0.05, 0) is 66.8 Å². The van der Waals surface area contributed by atoms with E-state index < -0.39 is 17.6 Å². The maximum atomic E-state index is 14.6. The summed E-state index contributed by atoms with van der Waals surface area (Å²) < 4.78 is 53.3. The number of nitriles is 1. The van der Waals surface area contributed by atoms with Crippen molar-refractivity contribution in [3.8, 4) is 6.07 Å². The van der Waals surface area contributed by atoms with Crippen molar-refractivity contribution in [2.24, 2.45) is 0 Å². The quantitative estimate of drug-likeness (QED) is 0.385. The molecule has 0 amide bonds. The van der Waals surface area contributed by atoms with Crippen molar-refractivity contribution >= 4 is 17.3 Å². The summed E-state index contributed by atoms with van der Waals surface area (Å²) in [4.78, 5) is 1.98. The molecule has 0 aromatic heterocycles. The number of alkyl halides is 3. The smallest absolute Gasteiger partial charge is 0.369 e. The molecule has 0 N–H and O–H groups in total. The minimum atomic E-state index is -4.49. The molecule has 6 heteroatoms. The van der Waals surface area contributed by atoms with E-state index in [0.29, 0.717) is 11.3 Å². The lowest BCUT2D eigenvalue weighted by molar-refractivity contribution is -0.137. The SMILES string of the molecule is Cc1cc(N2CCCC2)c(F)cc1/C=C(/C#N)c1cccc(C(F)(F)F)c1. The van der Waals surface area contributed by atoms with Crippen molar-refractivity contribution in [1.82, 2.24) is 0 Å². The van der Waals surface area contributed by atoms with Gasteiger partial charge in [0.2, 0.25) is 0 Å². The van der Waals surface area contributed by atoms with E-state index in [4.69, 9.17) is 0 Å². The molecule has 140 valence electrons. The van der Waals surface area contributed by atoms with E-state index in [2.05, 4.69) is 0 Å². The number of rotatable bonds is 3. The van der Waals surface area contributed by atoms with Gasteiger partial charge in [0.05, 0.1) is 22.9 Å². The van der Waals surface area contributed by atoms with Crippen LogP contribution in [0.2, 0.25) is 0 Å². The number of aryl methyl sites for hydroxylation is 1. The van der Waals surface area contributed by atoms with Crippen LogP contribution in [0, 0.1) is 24.1 Å². The first-order valence-electron chi connectivity index (χ1n) is 8.64. The zero-order chi connectivity index (χ0) is 19.6. The fourth-order valence-electron chi connectivity index (χ4n) is 3.24. The summed E-state index contributed by atoms with van der Waals surface area (Å²) in [5, 5.41) is 9.42. The van der Waals surface area contributed by atoms with Crippen molar-refractivity contribution in [3.63, 3.8) is 0 Å². The predicted octanol–water partition coefficient (Wildman–Crippen LogP) is 5.82. The van der Waals surface area contributed by atoms with Crippen LogP contribution < -0.4 is 4.90 Å². The molecule has 0 spiro atoms. The topological polar surface area (TPSA) is 27.0 Å². The first-order valence-corrected chi connectivity index (χ1v) is 8.64. The zero-order valence-corrected chi connectivity index (χ0v) is 14.8. The second-order valence-corrected chi connectivity index (χ2v) is 6.60. The summed E-state index contributed by atoms with van der Waals surface area (Å²) >= 11 is 0. The number of benzene rings is 2. The number of allylic oxidation sites excluding steroid dienone is 1. The highest BCUT2D eigenvalue weighted by Crippen LogP contribution is 2.32. The number of anilines is 1. The lowest BCUT2D eigenvalue weighted by Gasteiger charge is -2.19. The molecule has 2 aromatic carbocycles. The molecule has 1 aliphatic heterocycles. The van der Waals surface area contributed by atoms with Gasteiger partial charge in [-0.25, -0.2) is 4.39 Å². The molecule has 2 nitrogen and oxygen atoms in total. The van der Waals surface area contributed by atoms with E-state index in [0.717, 1.165) is 43.6 Å². The summed E-state index contributed by atoms with van der Waals surface area (Å²) in [5.41, 5.74) is 1.14. The molecule has 0 radical (unpaired) electrons. The monoisotopic (exact) mass is 374 g/mol. The summed E-state index contributed by atoms with van der Waals surface area (Å²) in [5.74, 6) is -0.393. The summed E-state index contributed by atoms with van der Waals surface area (Å²) in [6, 6.07) is 9.57. The average molecular weight is 374 g/mol. The summed E-state index contributed by atoms with van der Waals surface area (Å²) in [6.45, 7) is 3.41.